The Bertz CT molecular complexity index is 950. The minimum absolute atomic E-state index is 0.0804. The zero-order chi connectivity index (χ0) is 18.1. The molecule has 3 heterocycles. The maximum absolute atomic E-state index is 13.0. The van der Waals surface area contributed by atoms with E-state index in [0.29, 0.717) is 12.1 Å². The van der Waals surface area contributed by atoms with E-state index in [2.05, 4.69) is 21.2 Å². The van der Waals surface area contributed by atoms with Gasteiger partial charge in [-0.3, -0.25) is 4.79 Å². The number of pyridine rings is 1. The van der Waals surface area contributed by atoms with Crippen molar-refractivity contribution < 1.29 is 9.53 Å². The van der Waals surface area contributed by atoms with Gasteiger partial charge in [0, 0.05) is 23.0 Å². The van der Waals surface area contributed by atoms with Crippen molar-refractivity contribution in [3.63, 3.8) is 0 Å². The van der Waals surface area contributed by atoms with E-state index < -0.39 is 0 Å². The average Bonchev–Trinajstić information content (AvgIpc) is 3.32. The molecule has 0 saturated carbocycles. The molecule has 4 nitrogen and oxygen atoms in total. The van der Waals surface area contributed by atoms with E-state index in [4.69, 9.17) is 9.72 Å². The first-order valence-electron chi connectivity index (χ1n) is 8.66. The van der Waals surface area contributed by atoms with Gasteiger partial charge in [0.05, 0.1) is 27.8 Å². The third-order valence-corrected chi connectivity index (χ3v) is 5.95. The predicted molar refractivity (Wildman–Crippen MR) is 109 cm³/mol. The normalized spacial score (nSPS) is 16.9. The van der Waals surface area contributed by atoms with Gasteiger partial charge >= 0.3 is 0 Å². The largest absolute Gasteiger partial charge is 0.376 e. The smallest absolute Gasteiger partial charge is 0.252 e. The quantitative estimate of drug-likeness (QED) is 0.637. The van der Waals surface area contributed by atoms with Gasteiger partial charge in [0.1, 0.15) is 0 Å². The number of hydrogen-bond donors (Lipinski definition) is 1. The van der Waals surface area contributed by atoms with Crippen LogP contribution in [0.5, 0.6) is 0 Å². The van der Waals surface area contributed by atoms with Gasteiger partial charge < -0.3 is 10.1 Å². The Kier molecular flexibility index (Phi) is 5.07. The van der Waals surface area contributed by atoms with E-state index in [1.165, 1.54) is 0 Å². The highest BCUT2D eigenvalue weighted by Crippen LogP contribution is 2.31. The fourth-order valence-corrected chi connectivity index (χ4v) is 4.56. The lowest BCUT2D eigenvalue weighted by atomic mass is 10.0. The van der Waals surface area contributed by atoms with Crippen LogP contribution >= 0.6 is 27.3 Å². The van der Waals surface area contributed by atoms with E-state index >= 15 is 0 Å². The summed E-state index contributed by atoms with van der Waals surface area (Å²) in [6.45, 7) is 3.35. The van der Waals surface area contributed by atoms with Gasteiger partial charge in [0.15, 0.2) is 0 Å². The highest BCUT2D eigenvalue weighted by atomic mass is 79.9. The summed E-state index contributed by atoms with van der Waals surface area (Å²) in [7, 11) is 0. The lowest BCUT2D eigenvalue weighted by Crippen LogP contribution is -2.32. The van der Waals surface area contributed by atoms with Crippen molar-refractivity contribution in [3.05, 3.63) is 51.3 Å². The van der Waals surface area contributed by atoms with E-state index in [1.54, 1.807) is 11.3 Å². The number of thiophene rings is 1. The van der Waals surface area contributed by atoms with Crippen LogP contribution in [-0.2, 0) is 4.74 Å². The summed E-state index contributed by atoms with van der Waals surface area (Å²) in [5.74, 6) is -0.0804. The van der Waals surface area contributed by atoms with Gasteiger partial charge in [-0.05, 0) is 55.0 Å². The van der Waals surface area contributed by atoms with Gasteiger partial charge in [-0.15, -0.1) is 11.3 Å². The van der Waals surface area contributed by atoms with E-state index in [9.17, 15) is 4.79 Å². The van der Waals surface area contributed by atoms with Crippen LogP contribution in [0.25, 0.3) is 21.5 Å². The molecule has 1 aromatic carbocycles. The first-order chi connectivity index (χ1) is 12.6. The number of rotatable bonds is 4. The predicted octanol–water partition coefficient (Wildman–Crippen LogP) is 4.94. The molecular formula is C20H19BrN2O2S. The van der Waals surface area contributed by atoms with Crippen molar-refractivity contribution in [2.75, 3.05) is 13.2 Å². The number of benzene rings is 1. The van der Waals surface area contributed by atoms with Crippen LogP contribution in [-0.4, -0.2) is 30.1 Å². The van der Waals surface area contributed by atoms with Crippen LogP contribution in [0.3, 0.4) is 0 Å². The summed E-state index contributed by atoms with van der Waals surface area (Å²) >= 11 is 5.16. The zero-order valence-corrected chi connectivity index (χ0v) is 16.8. The summed E-state index contributed by atoms with van der Waals surface area (Å²) in [6, 6.07) is 9.92. The zero-order valence-electron chi connectivity index (χ0n) is 14.4. The van der Waals surface area contributed by atoms with Crippen molar-refractivity contribution in [2.24, 2.45) is 0 Å². The standard InChI is InChI=1S/C20H19BrN2O2S/c1-12-8-13(21)9-15-16(20(24)22-11-14-4-2-6-25-14)10-17(23-19(12)15)18-5-3-7-26-18/h3,5,7-10,14H,2,4,6,11H2,1H3,(H,22,24)/t14-/m0/s1. The number of aryl methyl sites for hydroxylation is 1. The molecule has 0 aliphatic carbocycles. The molecule has 0 spiro atoms. The van der Waals surface area contributed by atoms with Crippen molar-refractivity contribution >= 4 is 44.1 Å². The van der Waals surface area contributed by atoms with Crippen molar-refractivity contribution in [1.29, 1.82) is 0 Å². The minimum atomic E-state index is -0.0804. The Labute approximate surface area is 164 Å². The molecule has 0 unspecified atom stereocenters. The molecule has 1 amide bonds. The van der Waals surface area contributed by atoms with Crippen molar-refractivity contribution in [3.8, 4) is 10.6 Å². The van der Waals surface area contributed by atoms with Gasteiger partial charge in [-0.1, -0.05) is 22.0 Å². The Hall–Kier alpha value is -1.76. The average molecular weight is 431 g/mol. The fraction of sp³-hybridized carbons (Fsp3) is 0.300. The third-order valence-electron chi connectivity index (χ3n) is 4.60. The maximum atomic E-state index is 13.0. The van der Waals surface area contributed by atoms with Crippen LogP contribution in [0.1, 0.15) is 28.8 Å². The molecule has 1 saturated heterocycles. The third kappa shape index (κ3) is 3.54. The molecule has 4 rings (SSSR count). The minimum Gasteiger partial charge on any atom is -0.376 e. The molecular weight excluding hydrogens is 412 g/mol. The summed E-state index contributed by atoms with van der Waals surface area (Å²) in [5.41, 5.74) is 3.39. The SMILES string of the molecule is Cc1cc(Br)cc2c(C(=O)NC[C@@H]3CCCO3)cc(-c3cccs3)nc12. The summed E-state index contributed by atoms with van der Waals surface area (Å²) < 4.78 is 6.56. The van der Waals surface area contributed by atoms with E-state index in [-0.39, 0.29) is 12.0 Å². The van der Waals surface area contributed by atoms with Crippen LogP contribution in [0.4, 0.5) is 0 Å². The van der Waals surface area contributed by atoms with Gasteiger partial charge in [-0.2, -0.15) is 0 Å². The molecule has 1 fully saturated rings. The molecule has 1 aliphatic rings. The van der Waals surface area contributed by atoms with Crippen molar-refractivity contribution in [1.82, 2.24) is 10.3 Å². The molecule has 2 aromatic heterocycles. The van der Waals surface area contributed by atoms with Crippen LogP contribution < -0.4 is 5.32 Å². The number of nitrogens with zero attached hydrogens (tertiary/aromatic N) is 1. The first kappa shape index (κ1) is 17.6. The summed E-state index contributed by atoms with van der Waals surface area (Å²) in [4.78, 5) is 18.8. The first-order valence-corrected chi connectivity index (χ1v) is 10.3. The summed E-state index contributed by atoms with van der Waals surface area (Å²) in [6.07, 6.45) is 2.19. The summed E-state index contributed by atoms with van der Waals surface area (Å²) in [5, 5.41) is 5.92. The molecule has 0 radical (unpaired) electrons. The number of fused-ring (bicyclic) bond motifs is 1. The van der Waals surface area contributed by atoms with Crippen LogP contribution in [0.2, 0.25) is 0 Å². The topological polar surface area (TPSA) is 51.2 Å². The number of halogens is 1. The molecule has 6 heteroatoms. The number of amides is 1. The number of carbonyl (C=O) groups excluding carboxylic acids is 1. The lowest BCUT2D eigenvalue weighted by molar-refractivity contribution is 0.0859. The fourth-order valence-electron chi connectivity index (χ4n) is 3.30. The van der Waals surface area contributed by atoms with Crippen LogP contribution in [0.15, 0.2) is 40.2 Å². The molecule has 134 valence electrons. The Morgan fingerprint density at radius 1 is 1.42 bits per heavy atom. The van der Waals surface area contributed by atoms with Gasteiger partial charge in [0.2, 0.25) is 0 Å². The molecule has 1 N–H and O–H groups in total. The second kappa shape index (κ2) is 7.47. The highest BCUT2D eigenvalue weighted by Gasteiger charge is 2.19. The van der Waals surface area contributed by atoms with Gasteiger partial charge in [-0.25, -0.2) is 4.98 Å². The number of hydrogen-bond acceptors (Lipinski definition) is 4. The van der Waals surface area contributed by atoms with Crippen LogP contribution in [0, 0.1) is 6.92 Å². The number of nitrogens with one attached hydrogen (secondary N) is 1. The molecule has 0 bridgehead atoms. The van der Waals surface area contributed by atoms with Crippen molar-refractivity contribution in [2.45, 2.75) is 25.9 Å². The second-order valence-corrected chi connectivity index (χ2v) is 8.36. The van der Waals surface area contributed by atoms with E-state index in [1.807, 2.05) is 42.6 Å². The Balaban J connectivity index is 1.76. The Morgan fingerprint density at radius 2 is 2.31 bits per heavy atom. The molecule has 3 aromatic rings. The highest BCUT2D eigenvalue weighted by molar-refractivity contribution is 9.10. The number of ether oxygens (including phenoxy) is 1. The molecule has 1 aliphatic heterocycles. The monoisotopic (exact) mass is 430 g/mol. The molecule has 1 atom stereocenters. The Morgan fingerprint density at radius 3 is 3.04 bits per heavy atom. The molecule has 26 heavy (non-hydrogen) atoms. The maximum Gasteiger partial charge on any atom is 0.252 e. The lowest BCUT2D eigenvalue weighted by Gasteiger charge is -2.14. The number of aromatic nitrogens is 1. The number of carbonyl (C=O) groups is 1. The van der Waals surface area contributed by atoms with E-state index in [0.717, 1.165) is 51.0 Å². The van der Waals surface area contributed by atoms with Gasteiger partial charge in [0.25, 0.3) is 5.91 Å². The second-order valence-electron chi connectivity index (χ2n) is 6.50.